The number of hydrogen-bond donors (Lipinski definition) is 2. The molecular weight excluding hydrogens is 247 g/mol. The van der Waals surface area contributed by atoms with Crippen molar-refractivity contribution in [1.82, 2.24) is 9.55 Å². The zero-order valence-corrected chi connectivity index (χ0v) is 9.63. The number of aromatic nitrogens is 2. The average molecular weight is 260 g/mol. The number of aryl methyl sites for hydroxylation is 1. The topological polar surface area (TPSA) is 93.6 Å². The first-order valence-electron chi connectivity index (χ1n) is 5.42. The second-order valence-electron chi connectivity index (χ2n) is 4.15. The predicted molar refractivity (Wildman–Crippen MR) is 57.7 cm³/mol. The first-order valence-corrected chi connectivity index (χ1v) is 5.42. The van der Waals surface area contributed by atoms with Crippen LogP contribution in [0.4, 0.5) is 4.53 Å². The average Bonchev–Trinajstić information content (AvgIpc) is 2.76. The molecule has 1 aliphatic heterocycles. The highest BCUT2D eigenvalue weighted by molar-refractivity contribution is 5.02. The second-order valence-corrected chi connectivity index (χ2v) is 4.15. The van der Waals surface area contributed by atoms with E-state index in [4.69, 9.17) is 9.84 Å². The summed E-state index contributed by atoms with van der Waals surface area (Å²) in [4.78, 5) is 28.6. The van der Waals surface area contributed by atoms with Crippen LogP contribution in [0.15, 0.2) is 15.8 Å². The van der Waals surface area contributed by atoms with Gasteiger partial charge in [-0.15, -0.1) is 0 Å². The van der Waals surface area contributed by atoms with Gasteiger partial charge in [0.05, 0.1) is 6.61 Å². The van der Waals surface area contributed by atoms with Crippen molar-refractivity contribution in [3.05, 3.63) is 32.6 Å². The maximum Gasteiger partial charge on any atom is 0.330 e. The molecule has 2 N–H and O–H groups in total. The minimum Gasteiger partial charge on any atom is -0.394 e. The van der Waals surface area contributed by atoms with Gasteiger partial charge < -0.3 is 9.84 Å². The summed E-state index contributed by atoms with van der Waals surface area (Å²) in [7, 11) is 0. The Hall–Kier alpha value is -1.51. The molecule has 0 saturated carbocycles. The molecule has 1 aromatic heterocycles. The Balaban J connectivity index is 2.31. The van der Waals surface area contributed by atoms with Crippen LogP contribution in [0.25, 0.3) is 0 Å². The summed E-state index contributed by atoms with van der Waals surface area (Å²) in [5.41, 5.74) is -0.790. The Morgan fingerprint density at radius 3 is 2.94 bits per heavy atom. The zero-order chi connectivity index (χ0) is 13.3. The lowest BCUT2D eigenvalue weighted by Gasteiger charge is -2.14. The van der Waals surface area contributed by atoms with Crippen molar-refractivity contribution in [2.75, 3.05) is 6.61 Å². The molecule has 0 radical (unpaired) electrons. The lowest BCUT2D eigenvalue weighted by molar-refractivity contribution is -0.197. The molecule has 0 bridgehead atoms. The molecule has 8 heteroatoms. The van der Waals surface area contributed by atoms with Gasteiger partial charge in [0.15, 0.2) is 0 Å². The van der Waals surface area contributed by atoms with Gasteiger partial charge in [-0.3, -0.25) is 14.3 Å². The molecule has 0 aromatic carbocycles. The number of nitrogens with zero attached hydrogens (tertiary/aromatic N) is 1. The Morgan fingerprint density at radius 1 is 1.67 bits per heavy atom. The molecule has 1 saturated heterocycles. The summed E-state index contributed by atoms with van der Waals surface area (Å²) in [6.07, 6.45) is -1.13. The summed E-state index contributed by atoms with van der Waals surface area (Å²) in [6, 6.07) is 0. The predicted octanol–water partition coefficient (Wildman–Crippen LogP) is -0.605. The number of halogens is 1. The molecule has 0 aliphatic carbocycles. The molecule has 0 spiro atoms. The molecule has 3 atom stereocenters. The van der Waals surface area contributed by atoms with Gasteiger partial charge in [-0.05, 0) is 11.4 Å². The van der Waals surface area contributed by atoms with Gasteiger partial charge in [0.25, 0.3) is 5.56 Å². The van der Waals surface area contributed by atoms with Crippen molar-refractivity contribution >= 4 is 0 Å². The summed E-state index contributed by atoms with van der Waals surface area (Å²) in [5.74, 6) is 0. The third-order valence-corrected chi connectivity index (χ3v) is 2.93. The van der Waals surface area contributed by atoms with Crippen molar-refractivity contribution in [3.8, 4) is 0 Å². The summed E-state index contributed by atoms with van der Waals surface area (Å²) >= 11 is 0. The third kappa shape index (κ3) is 2.22. The smallest absolute Gasteiger partial charge is 0.330 e. The Labute approximate surface area is 101 Å². The van der Waals surface area contributed by atoms with E-state index in [0.717, 1.165) is 4.57 Å². The standard InChI is InChI=1S/C10H13FN2O5/c1-5-3-13(10(16)12-9(5)15)8-2-6(18-11)7(4-14)17-8/h3,6-8,14H,2,4H2,1H3,(H,12,15,16)/t6?,7-,8-/m1/s1. The second kappa shape index (κ2) is 5.01. The van der Waals surface area contributed by atoms with Gasteiger partial charge in [-0.25, -0.2) is 4.79 Å². The summed E-state index contributed by atoms with van der Waals surface area (Å²) in [5, 5.41) is 8.98. The van der Waals surface area contributed by atoms with E-state index >= 15 is 0 Å². The minimum atomic E-state index is -0.931. The monoisotopic (exact) mass is 260 g/mol. The van der Waals surface area contributed by atoms with Crippen LogP contribution in [-0.4, -0.2) is 33.5 Å². The van der Waals surface area contributed by atoms with Crippen molar-refractivity contribution < 1.29 is 19.3 Å². The normalized spacial score (nSPS) is 27.6. The molecule has 100 valence electrons. The van der Waals surface area contributed by atoms with Gasteiger partial charge >= 0.3 is 5.69 Å². The van der Waals surface area contributed by atoms with Crippen LogP contribution in [-0.2, 0) is 9.68 Å². The fourth-order valence-electron chi connectivity index (χ4n) is 1.93. The highest BCUT2D eigenvalue weighted by atomic mass is 19.3. The molecule has 1 aliphatic rings. The Morgan fingerprint density at radius 2 is 2.39 bits per heavy atom. The van der Waals surface area contributed by atoms with Gasteiger partial charge in [-0.1, -0.05) is 0 Å². The molecule has 2 heterocycles. The number of nitrogens with one attached hydrogen (secondary N) is 1. The number of hydrogen-bond acceptors (Lipinski definition) is 5. The van der Waals surface area contributed by atoms with E-state index in [1.807, 2.05) is 0 Å². The number of ether oxygens (including phenoxy) is 1. The fourth-order valence-corrected chi connectivity index (χ4v) is 1.93. The van der Waals surface area contributed by atoms with E-state index in [1.165, 1.54) is 13.1 Å². The molecule has 0 amide bonds. The molecule has 2 rings (SSSR count). The SMILES string of the molecule is Cc1cn([C@H]2CC(OF)[C@@H](CO)O2)c(=O)[nH]c1=O. The number of rotatable bonds is 3. The van der Waals surface area contributed by atoms with Gasteiger partial charge in [-0.2, -0.15) is 4.94 Å². The van der Waals surface area contributed by atoms with Crippen LogP contribution in [0, 0.1) is 6.92 Å². The quantitative estimate of drug-likeness (QED) is 0.756. The van der Waals surface area contributed by atoms with E-state index in [9.17, 15) is 14.1 Å². The van der Waals surface area contributed by atoms with E-state index in [-0.39, 0.29) is 6.42 Å². The fraction of sp³-hybridized carbons (Fsp3) is 0.600. The van der Waals surface area contributed by atoms with Crippen LogP contribution >= 0.6 is 0 Å². The molecule has 1 fully saturated rings. The number of H-pyrrole nitrogens is 1. The van der Waals surface area contributed by atoms with Crippen molar-refractivity contribution in [1.29, 1.82) is 0 Å². The van der Waals surface area contributed by atoms with Crippen molar-refractivity contribution in [3.63, 3.8) is 0 Å². The molecule has 1 unspecified atom stereocenters. The molecule has 18 heavy (non-hydrogen) atoms. The first kappa shape index (κ1) is 12.9. The summed E-state index contributed by atoms with van der Waals surface area (Å²) in [6.45, 7) is 1.12. The number of aliphatic hydroxyl groups is 1. The molecule has 1 aromatic rings. The lowest BCUT2D eigenvalue weighted by Crippen LogP contribution is -2.33. The first-order chi connectivity index (χ1) is 8.56. The zero-order valence-electron chi connectivity index (χ0n) is 9.63. The van der Waals surface area contributed by atoms with Crippen LogP contribution < -0.4 is 11.2 Å². The van der Waals surface area contributed by atoms with E-state index in [0.29, 0.717) is 5.56 Å². The van der Waals surface area contributed by atoms with Gasteiger partial charge in [0, 0.05) is 18.2 Å². The maximum atomic E-state index is 12.2. The number of aliphatic hydroxyl groups excluding tert-OH is 1. The summed E-state index contributed by atoms with van der Waals surface area (Å²) < 4.78 is 18.7. The van der Waals surface area contributed by atoms with Gasteiger partial charge in [0.2, 0.25) is 0 Å². The highest BCUT2D eigenvalue weighted by Crippen LogP contribution is 2.29. The van der Waals surface area contributed by atoms with Crippen LogP contribution in [0.3, 0.4) is 0 Å². The minimum absolute atomic E-state index is 0.0765. The molecular formula is C10H13FN2O5. The van der Waals surface area contributed by atoms with Crippen LogP contribution in [0.1, 0.15) is 18.2 Å². The van der Waals surface area contributed by atoms with Crippen molar-refractivity contribution in [2.24, 2.45) is 0 Å². The highest BCUT2D eigenvalue weighted by Gasteiger charge is 2.38. The van der Waals surface area contributed by atoms with E-state index in [2.05, 4.69) is 9.93 Å². The largest absolute Gasteiger partial charge is 0.394 e. The van der Waals surface area contributed by atoms with Crippen LogP contribution in [0.2, 0.25) is 0 Å². The third-order valence-electron chi connectivity index (χ3n) is 2.93. The molecule has 7 nitrogen and oxygen atoms in total. The lowest BCUT2D eigenvalue weighted by atomic mass is 10.2. The van der Waals surface area contributed by atoms with Crippen molar-refractivity contribution in [2.45, 2.75) is 31.8 Å². The van der Waals surface area contributed by atoms with E-state index in [1.54, 1.807) is 0 Å². The van der Waals surface area contributed by atoms with E-state index < -0.39 is 36.3 Å². The Kier molecular flexibility index (Phi) is 3.60. The maximum absolute atomic E-state index is 12.2. The van der Waals surface area contributed by atoms with Gasteiger partial charge in [0.1, 0.15) is 18.4 Å². The van der Waals surface area contributed by atoms with Crippen LogP contribution in [0.5, 0.6) is 0 Å². The number of aromatic amines is 1. The Bertz CT molecular complexity index is 528.